The first-order valence-electron chi connectivity index (χ1n) is 5.66. The van der Waals surface area contributed by atoms with Crippen LogP contribution in [0.25, 0.3) is 0 Å². The first-order valence-corrected chi connectivity index (χ1v) is 6.47. The van der Waals surface area contributed by atoms with Crippen molar-refractivity contribution >= 4 is 16.5 Å². The van der Waals surface area contributed by atoms with Gasteiger partial charge in [0.15, 0.2) is 5.13 Å². The summed E-state index contributed by atoms with van der Waals surface area (Å²) in [7, 11) is 0. The number of ether oxygens (including phenoxy) is 1. The standard InChI is InChI=1S/C11H19N3OS/c1-7-5-14(8(2)9(3)15-7)6-10-4-13-11(12)16-10/h4,7-9H,5-6H2,1-3H3,(H2,12,13). The fourth-order valence-corrected chi connectivity index (χ4v) is 2.83. The number of anilines is 1. The van der Waals surface area contributed by atoms with Crippen LogP contribution in [0.3, 0.4) is 0 Å². The second-order valence-electron chi connectivity index (χ2n) is 4.49. The summed E-state index contributed by atoms with van der Waals surface area (Å²) in [6.45, 7) is 8.36. The molecule has 0 spiro atoms. The maximum Gasteiger partial charge on any atom is 0.180 e. The fourth-order valence-electron chi connectivity index (χ4n) is 2.12. The number of thiazole rings is 1. The zero-order valence-electron chi connectivity index (χ0n) is 10.0. The highest BCUT2D eigenvalue weighted by Gasteiger charge is 2.29. The van der Waals surface area contributed by atoms with Crippen molar-refractivity contribution in [2.24, 2.45) is 0 Å². The summed E-state index contributed by atoms with van der Waals surface area (Å²) in [5.74, 6) is 0. The average molecular weight is 241 g/mol. The van der Waals surface area contributed by atoms with Crippen molar-refractivity contribution in [3.8, 4) is 0 Å². The van der Waals surface area contributed by atoms with Crippen molar-refractivity contribution in [2.45, 2.75) is 45.6 Å². The van der Waals surface area contributed by atoms with E-state index >= 15 is 0 Å². The maximum atomic E-state index is 5.79. The largest absolute Gasteiger partial charge is 0.375 e. The van der Waals surface area contributed by atoms with Gasteiger partial charge in [-0.1, -0.05) is 0 Å². The summed E-state index contributed by atoms with van der Waals surface area (Å²) in [5.41, 5.74) is 5.64. The van der Waals surface area contributed by atoms with E-state index < -0.39 is 0 Å². The number of nitrogens with two attached hydrogens (primary N) is 1. The minimum atomic E-state index is 0.286. The summed E-state index contributed by atoms with van der Waals surface area (Å²) < 4.78 is 5.79. The lowest BCUT2D eigenvalue weighted by Gasteiger charge is -2.40. The molecule has 1 fully saturated rings. The lowest BCUT2D eigenvalue weighted by Crippen LogP contribution is -2.51. The molecule has 0 aliphatic carbocycles. The lowest BCUT2D eigenvalue weighted by molar-refractivity contribution is -0.102. The minimum Gasteiger partial charge on any atom is -0.375 e. The zero-order valence-corrected chi connectivity index (χ0v) is 10.8. The van der Waals surface area contributed by atoms with Gasteiger partial charge in [0.05, 0.1) is 12.2 Å². The number of morpholine rings is 1. The third-order valence-corrected chi connectivity index (χ3v) is 3.94. The number of hydrogen-bond acceptors (Lipinski definition) is 5. The highest BCUT2D eigenvalue weighted by Crippen LogP contribution is 2.23. The Labute approximate surface area is 100 Å². The molecule has 0 bridgehead atoms. The Balaban J connectivity index is 2.02. The monoisotopic (exact) mass is 241 g/mol. The molecule has 90 valence electrons. The van der Waals surface area contributed by atoms with E-state index in [-0.39, 0.29) is 6.10 Å². The molecule has 2 rings (SSSR count). The summed E-state index contributed by atoms with van der Waals surface area (Å²) in [6, 6.07) is 0.444. The van der Waals surface area contributed by atoms with E-state index in [1.807, 2.05) is 6.20 Å². The maximum absolute atomic E-state index is 5.79. The van der Waals surface area contributed by atoms with Gasteiger partial charge in [-0.05, 0) is 20.8 Å². The minimum absolute atomic E-state index is 0.286. The second-order valence-corrected chi connectivity index (χ2v) is 5.63. The van der Waals surface area contributed by atoms with E-state index in [1.54, 1.807) is 11.3 Å². The van der Waals surface area contributed by atoms with Crippen molar-refractivity contribution in [1.29, 1.82) is 0 Å². The molecule has 3 unspecified atom stereocenters. The normalized spacial score (nSPS) is 31.8. The molecule has 5 heteroatoms. The molecule has 1 saturated heterocycles. The topological polar surface area (TPSA) is 51.4 Å². The quantitative estimate of drug-likeness (QED) is 0.856. The zero-order chi connectivity index (χ0) is 11.7. The lowest BCUT2D eigenvalue weighted by atomic mass is 10.1. The van der Waals surface area contributed by atoms with Crippen LogP contribution in [0.5, 0.6) is 0 Å². The predicted octanol–water partition coefficient (Wildman–Crippen LogP) is 1.72. The molecule has 16 heavy (non-hydrogen) atoms. The van der Waals surface area contributed by atoms with Crippen LogP contribution in [0.2, 0.25) is 0 Å². The van der Waals surface area contributed by atoms with E-state index in [9.17, 15) is 0 Å². The van der Waals surface area contributed by atoms with Crippen LogP contribution in [-0.2, 0) is 11.3 Å². The smallest absolute Gasteiger partial charge is 0.180 e. The van der Waals surface area contributed by atoms with Crippen molar-refractivity contribution in [3.63, 3.8) is 0 Å². The van der Waals surface area contributed by atoms with Crippen molar-refractivity contribution in [2.75, 3.05) is 12.3 Å². The third kappa shape index (κ3) is 2.53. The van der Waals surface area contributed by atoms with Crippen LogP contribution in [0.4, 0.5) is 5.13 Å². The van der Waals surface area contributed by atoms with Crippen LogP contribution in [-0.4, -0.2) is 34.7 Å². The highest BCUT2D eigenvalue weighted by molar-refractivity contribution is 7.15. The summed E-state index contributed by atoms with van der Waals surface area (Å²) >= 11 is 1.57. The van der Waals surface area contributed by atoms with Gasteiger partial charge in [-0.3, -0.25) is 4.90 Å². The van der Waals surface area contributed by atoms with Crippen LogP contribution < -0.4 is 5.73 Å². The van der Waals surface area contributed by atoms with Crippen LogP contribution in [0.15, 0.2) is 6.20 Å². The van der Waals surface area contributed by atoms with E-state index in [0.717, 1.165) is 13.1 Å². The molecule has 4 nitrogen and oxygen atoms in total. The van der Waals surface area contributed by atoms with E-state index in [2.05, 4.69) is 30.7 Å². The number of rotatable bonds is 2. The number of hydrogen-bond donors (Lipinski definition) is 1. The molecule has 1 aliphatic rings. The molecular weight excluding hydrogens is 222 g/mol. The summed E-state index contributed by atoms with van der Waals surface area (Å²) in [5, 5.41) is 0.650. The highest BCUT2D eigenvalue weighted by atomic mass is 32.1. The van der Waals surface area contributed by atoms with Gasteiger partial charge >= 0.3 is 0 Å². The molecule has 0 amide bonds. The van der Waals surface area contributed by atoms with Gasteiger partial charge in [0.1, 0.15) is 0 Å². The molecule has 1 aliphatic heterocycles. The van der Waals surface area contributed by atoms with Gasteiger partial charge in [-0.15, -0.1) is 11.3 Å². The summed E-state index contributed by atoms with van der Waals surface area (Å²) in [6.07, 6.45) is 2.46. The van der Waals surface area contributed by atoms with Gasteiger partial charge < -0.3 is 10.5 Å². The van der Waals surface area contributed by atoms with Gasteiger partial charge in [0.2, 0.25) is 0 Å². The second kappa shape index (κ2) is 4.69. The van der Waals surface area contributed by atoms with Crippen molar-refractivity contribution < 1.29 is 4.74 Å². The number of nitrogen functional groups attached to an aromatic ring is 1. The summed E-state index contributed by atoms with van der Waals surface area (Å²) in [4.78, 5) is 7.75. The average Bonchev–Trinajstić information content (AvgIpc) is 2.60. The van der Waals surface area contributed by atoms with Crippen molar-refractivity contribution in [3.05, 3.63) is 11.1 Å². The Hall–Kier alpha value is -0.650. The predicted molar refractivity (Wildman–Crippen MR) is 66.4 cm³/mol. The fraction of sp³-hybridized carbons (Fsp3) is 0.727. The Kier molecular flexibility index (Phi) is 3.47. The van der Waals surface area contributed by atoms with E-state index in [0.29, 0.717) is 17.3 Å². The van der Waals surface area contributed by atoms with Crippen molar-refractivity contribution in [1.82, 2.24) is 9.88 Å². The third-order valence-electron chi connectivity index (χ3n) is 3.12. The van der Waals surface area contributed by atoms with Crippen LogP contribution >= 0.6 is 11.3 Å². The number of aromatic nitrogens is 1. The molecule has 0 aromatic carbocycles. The Bertz CT molecular complexity index is 355. The molecule has 2 heterocycles. The number of nitrogens with zero attached hydrogens (tertiary/aromatic N) is 2. The van der Waals surface area contributed by atoms with E-state index in [1.165, 1.54) is 4.88 Å². The Morgan fingerprint density at radius 2 is 2.31 bits per heavy atom. The van der Waals surface area contributed by atoms with Gasteiger partial charge in [0, 0.05) is 30.2 Å². The van der Waals surface area contributed by atoms with Crippen LogP contribution in [0, 0.1) is 0 Å². The Morgan fingerprint density at radius 1 is 1.56 bits per heavy atom. The molecule has 3 atom stereocenters. The van der Waals surface area contributed by atoms with Gasteiger partial charge in [-0.25, -0.2) is 4.98 Å². The molecule has 0 radical (unpaired) electrons. The Morgan fingerprint density at radius 3 is 2.94 bits per heavy atom. The molecule has 2 N–H and O–H groups in total. The van der Waals surface area contributed by atoms with Crippen LogP contribution in [0.1, 0.15) is 25.6 Å². The van der Waals surface area contributed by atoms with Gasteiger partial charge in [0.25, 0.3) is 0 Å². The SMILES string of the molecule is CC1CN(Cc2cnc(N)s2)C(C)C(C)O1. The first-order chi connectivity index (χ1) is 7.56. The van der Waals surface area contributed by atoms with E-state index in [4.69, 9.17) is 10.5 Å². The van der Waals surface area contributed by atoms with Gasteiger partial charge in [-0.2, -0.15) is 0 Å². The molecule has 0 saturated carbocycles. The molecular formula is C11H19N3OS. The molecule has 1 aromatic heterocycles. The first kappa shape index (κ1) is 11.8. The molecule has 1 aromatic rings.